The normalized spacial score (nSPS) is 15.0. The van der Waals surface area contributed by atoms with Crippen LogP contribution in [-0.2, 0) is 16.0 Å². The van der Waals surface area contributed by atoms with Crippen LogP contribution in [0.15, 0.2) is 66.8 Å². The Hall–Kier alpha value is -2.69. The number of piperazine rings is 1. The van der Waals surface area contributed by atoms with Crippen molar-refractivity contribution < 1.29 is 14.6 Å². The highest BCUT2D eigenvalue weighted by atomic mass is 16.5. The molecule has 2 rings (SSSR count). The summed E-state index contributed by atoms with van der Waals surface area (Å²) in [6.07, 6.45) is 9.24. The van der Waals surface area contributed by atoms with E-state index >= 15 is 0 Å². The van der Waals surface area contributed by atoms with E-state index in [9.17, 15) is 4.79 Å². The molecule has 1 fully saturated rings. The molecule has 148 valence electrons. The minimum Gasteiger partial charge on any atom is -0.516 e. The van der Waals surface area contributed by atoms with Crippen molar-refractivity contribution in [1.29, 1.82) is 0 Å². The van der Waals surface area contributed by atoms with Gasteiger partial charge in [-0.15, -0.1) is 0 Å². The summed E-state index contributed by atoms with van der Waals surface area (Å²) in [6, 6.07) is 10.1. The molecule has 5 heteroatoms. The molecule has 27 heavy (non-hydrogen) atoms. The number of carbonyl (C=O) groups is 1. The SMILES string of the molecule is CC.CO/C=C/C=C(\C=C\O)N1CCN(C(=O)CCc2ccccc2)CC1. The standard InChI is InChI=1S/C20H26N2O3.C2H6/c1-25-17-5-8-19(11-16-23)21-12-14-22(15-13-21)20(24)10-9-18-6-3-2-4-7-18;1-2/h2-8,11,16-17,23H,9-10,12-15H2,1H3;1-2H3/b16-11+,17-5+,19-8+;. The Labute approximate surface area is 163 Å². The van der Waals surface area contributed by atoms with Crippen molar-refractivity contribution in [3.63, 3.8) is 0 Å². The van der Waals surface area contributed by atoms with Crippen molar-refractivity contribution in [3.8, 4) is 0 Å². The molecule has 0 radical (unpaired) electrons. The average Bonchev–Trinajstić information content (AvgIpc) is 2.74. The molecule has 0 aliphatic carbocycles. The number of methoxy groups -OCH3 is 1. The van der Waals surface area contributed by atoms with Gasteiger partial charge >= 0.3 is 0 Å². The van der Waals surface area contributed by atoms with Gasteiger partial charge in [0.15, 0.2) is 0 Å². The molecule has 0 spiro atoms. The van der Waals surface area contributed by atoms with E-state index in [0.29, 0.717) is 19.5 Å². The van der Waals surface area contributed by atoms with Crippen LogP contribution in [0, 0.1) is 0 Å². The highest BCUT2D eigenvalue weighted by molar-refractivity contribution is 5.76. The second-order valence-corrected chi connectivity index (χ2v) is 5.82. The molecule has 1 N–H and O–H groups in total. The molecule has 1 aliphatic heterocycles. The van der Waals surface area contributed by atoms with Gasteiger partial charge in [0.2, 0.25) is 5.91 Å². The third-order valence-corrected chi connectivity index (χ3v) is 4.19. The predicted octanol–water partition coefficient (Wildman–Crippen LogP) is 3.91. The molecule has 1 amide bonds. The lowest BCUT2D eigenvalue weighted by Crippen LogP contribution is -2.48. The minimum atomic E-state index is 0.200. The van der Waals surface area contributed by atoms with Crippen molar-refractivity contribution in [1.82, 2.24) is 9.80 Å². The first kappa shape index (κ1) is 22.4. The van der Waals surface area contributed by atoms with Crippen LogP contribution in [0.4, 0.5) is 0 Å². The minimum absolute atomic E-state index is 0.200. The average molecular weight is 373 g/mol. The number of rotatable bonds is 7. The van der Waals surface area contributed by atoms with E-state index in [1.54, 1.807) is 25.5 Å². The van der Waals surface area contributed by atoms with Gasteiger partial charge in [-0.3, -0.25) is 4.79 Å². The largest absolute Gasteiger partial charge is 0.516 e. The number of carbonyl (C=O) groups excluding carboxylic acids is 1. The van der Waals surface area contributed by atoms with E-state index < -0.39 is 0 Å². The van der Waals surface area contributed by atoms with Gasteiger partial charge in [-0.25, -0.2) is 0 Å². The van der Waals surface area contributed by atoms with Crippen LogP contribution in [-0.4, -0.2) is 54.1 Å². The first-order chi connectivity index (χ1) is 13.2. The van der Waals surface area contributed by atoms with Crippen molar-refractivity contribution in [2.75, 3.05) is 33.3 Å². The van der Waals surface area contributed by atoms with Crippen LogP contribution >= 0.6 is 0 Å². The highest BCUT2D eigenvalue weighted by Gasteiger charge is 2.21. The fraction of sp³-hybridized carbons (Fsp3) is 0.409. The topological polar surface area (TPSA) is 53.0 Å². The number of aryl methyl sites for hydroxylation is 1. The maximum absolute atomic E-state index is 12.4. The van der Waals surface area contributed by atoms with Gasteiger partial charge in [0, 0.05) is 38.3 Å². The van der Waals surface area contributed by atoms with Crippen molar-refractivity contribution in [2.45, 2.75) is 26.7 Å². The summed E-state index contributed by atoms with van der Waals surface area (Å²) in [5.41, 5.74) is 2.09. The summed E-state index contributed by atoms with van der Waals surface area (Å²) in [5.74, 6) is 0.200. The lowest BCUT2D eigenvalue weighted by atomic mass is 10.1. The van der Waals surface area contributed by atoms with Crippen LogP contribution in [0.1, 0.15) is 25.8 Å². The summed E-state index contributed by atoms with van der Waals surface area (Å²) < 4.78 is 4.89. The van der Waals surface area contributed by atoms with Gasteiger partial charge in [-0.05, 0) is 30.2 Å². The lowest BCUT2D eigenvalue weighted by molar-refractivity contribution is -0.132. The summed E-state index contributed by atoms with van der Waals surface area (Å²) in [4.78, 5) is 16.5. The molecule has 1 heterocycles. The Bertz CT molecular complexity index is 616. The van der Waals surface area contributed by atoms with Gasteiger partial charge in [-0.2, -0.15) is 0 Å². The number of benzene rings is 1. The van der Waals surface area contributed by atoms with Crippen molar-refractivity contribution >= 4 is 5.91 Å². The zero-order valence-electron chi connectivity index (χ0n) is 16.7. The maximum Gasteiger partial charge on any atom is 0.223 e. The zero-order valence-corrected chi connectivity index (χ0v) is 16.7. The van der Waals surface area contributed by atoms with Gasteiger partial charge in [-0.1, -0.05) is 44.2 Å². The number of aliphatic hydroxyl groups is 1. The lowest BCUT2D eigenvalue weighted by Gasteiger charge is -2.36. The molecule has 0 aromatic heterocycles. The second-order valence-electron chi connectivity index (χ2n) is 5.82. The molecule has 1 aliphatic rings. The van der Waals surface area contributed by atoms with Gasteiger partial charge in [0.25, 0.3) is 0 Å². The Kier molecular flexibility index (Phi) is 11.2. The second kappa shape index (κ2) is 13.5. The van der Waals surface area contributed by atoms with E-state index in [1.807, 2.05) is 43.0 Å². The summed E-state index contributed by atoms with van der Waals surface area (Å²) in [7, 11) is 1.59. The summed E-state index contributed by atoms with van der Waals surface area (Å²) >= 11 is 0. The number of nitrogens with zero attached hydrogens (tertiary/aromatic N) is 2. The molecule has 0 unspecified atom stereocenters. The summed E-state index contributed by atoms with van der Waals surface area (Å²) in [6.45, 7) is 6.87. The van der Waals surface area contributed by atoms with Crippen molar-refractivity contribution in [3.05, 3.63) is 72.3 Å². The van der Waals surface area contributed by atoms with Crippen LogP contribution in [0.3, 0.4) is 0 Å². The summed E-state index contributed by atoms with van der Waals surface area (Å²) in [5, 5.41) is 9.07. The first-order valence-electron chi connectivity index (χ1n) is 9.51. The fourth-order valence-electron chi connectivity index (χ4n) is 2.83. The number of hydrogen-bond donors (Lipinski definition) is 1. The molecular formula is C22H32N2O3. The molecule has 1 saturated heterocycles. The van der Waals surface area contributed by atoms with E-state index in [1.165, 1.54) is 5.56 Å². The van der Waals surface area contributed by atoms with Gasteiger partial charge in [0.05, 0.1) is 19.6 Å². The number of aliphatic hydroxyl groups excluding tert-OH is 1. The molecule has 1 aromatic rings. The van der Waals surface area contributed by atoms with Crippen LogP contribution in [0.5, 0.6) is 0 Å². The highest BCUT2D eigenvalue weighted by Crippen LogP contribution is 2.13. The number of hydrogen-bond acceptors (Lipinski definition) is 4. The number of amides is 1. The Balaban J connectivity index is 0.00000176. The van der Waals surface area contributed by atoms with Gasteiger partial charge in [0.1, 0.15) is 0 Å². The third kappa shape index (κ3) is 8.03. The van der Waals surface area contributed by atoms with Gasteiger partial charge < -0.3 is 19.6 Å². The van der Waals surface area contributed by atoms with Crippen molar-refractivity contribution in [2.24, 2.45) is 0 Å². The van der Waals surface area contributed by atoms with E-state index in [4.69, 9.17) is 9.84 Å². The smallest absolute Gasteiger partial charge is 0.223 e. The maximum atomic E-state index is 12.4. The van der Waals surface area contributed by atoms with E-state index in [-0.39, 0.29) is 5.91 Å². The predicted molar refractivity (Wildman–Crippen MR) is 110 cm³/mol. The van der Waals surface area contributed by atoms with E-state index in [2.05, 4.69) is 17.0 Å². The molecule has 1 aromatic carbocycles. The van der Waals surface area contributed by atoms with Crippen LogP contribution in [0.25, 0.3) is 0 Å². The quantitative estimate of drug-likeness (QED) is 0.582. The van der Waals surface area contributed by atoms with E-state index in [0.717, 1.165) is 31.5 Å². The monoisotopic (exact) mass is 372 g/mol. The number of ether oxygens (including phenoxy) is 1. The fourth-order valence-corrected chi connectivity index (χ4v) is 2.83. The molecule has 0 saturated carbocycles. The Morgan fingerprint density at radius 3 is 2.33 bits per heavy atom. The molecule has 0 atom stereocenters. The molecule has 0 bridgehead atoms. The molecular weight excluding hydrogens is 340 g/mol. The molecule has 5 nitrogen and oxygen atoms in total. The van der Waals surface area contributed by atoms with Crippen LogP contribution in [0.2, 0.25) is 0 Å². The first-order valence-corrected chi connectivity index (χ1v) is 9.51. The van der Waals surface area contributed by atoms with Crippen LogP contribution < -0.4 is 0 Å². The zero-order chi connectivity index (χ0) is 19.9. The Morgan fingerprint density at radius 2 is 1.74 bits per heavy atom. The number of allylic oxidation sites excluding steroid dienone is 3. The Morgan fingerprint density at radius 1 is 1.11 bits per heavy atom. The third-order valence-electron chi connectivity index (χ3n) is 4.19.